The summed E-state index contributed by atoms with van der Waals surface area (Å²) in [6, 6.07) is 2.30. The molecule has 2 aromatic rings. The van der Waals surface area contributed by atoms with Gasteiger partial charge in [-0.2, -0.15) is 0 Å². The molecule has 19 heavy (non-hydrogen) atoms. The quantitative estimate of drug-likeness (QED) is 0.881. The summed E-state index contributed by atoms with van der Waals surface area (Å²) < 4.78 is 0. The lowest BCUT2D eigenvalue weighted by Crippen LogP contribution is -2.21. The Labute approximate surface area is 118 Å². The van der Waals surface area contributed by atoms with Gasteiger partial charge in [-0.05, 0) is 12.5 Å². The number of thiazole rings is 1. The Kier molecular flexibility index (Phi) is 4.99. The molecule has 1 N–H and O–H groups in total. The van der Waals surface area contributed by atoms with E-state index in [1.54, 1.807) is 23.7 Å². The van der Waals surface area contributed by atoms with E-state index in [-0.39, 0.29) is 0 Å². The second-order valence-electron chi connectivity index (χ2n) is 4.75. The molecule has 0 aromatic carbocycles. The van der Waals surface area contributed by atoms with Gasteiger partial charge in [0.1, 0.15) is 0 Å². The summed E-state index contributed by atoms with van der Waals surface area (Å²) in [6.45, 7) is 7.36. The monoisotopic (exact) mass is 276 g/mol. The van der Waals surface area contributed by atoms with Crippen molar-refractivity contribution in [3.63, 3.8) is 0 Å². The third kappa shape index (κ3) is 3.81. The number of nitrogens with one attached hydrogen (secondary N) is 1. The standard InChI is InChI=1S/C14H20N4S/c1-4-6-11-12(9-17-10(2)3)19-14(18-11)13-15-7-5-8-16-13/h5,7-8,10,17H,4,6,9H2,1-3H3. The van der Waals surface area contributed by atoms with E-state index in [1.807, 2.05) is 6.07 Å². The lowest BCUT2D eigenvalue weighted by molar-refractivity contribution is 0.589. The fraction of sp³-hybridized carbons (Fsp3) is 0.500. The van der Waals surface area contributed by atoms with Crippen molar-refractivity contribution in [1.29, 1.82) is 0 Å². The fourth-order valence-corrected chi connectivity index (χ4v) is 2.76. The normalized spacial score (nSPS) is 11.2. The van der Waals surface area contributed by atoms with Gasteiger partial charge in [-0.15, -0.1) is 11.3 Å². The van der Waals surface area contributed by atoms with Crippen LogP contribution in [-0.2, 0) is 13.0 Å². The van der Waals surface area contributed by atoms with Crippen molar-refractivity contribution in [2.75, 3.05) is 0 Å². The molecule has 5 heteroatoms. The van der Waals surface area contributed by atoms with Crippen LogP contribution in [0.3, 0.4) is 0 Å². The van der Waals surface area contributed by atoms with Crippen molar-refractivity contribution in [2.45, 2.75) is 46.2 Å². The Morgan fingerprint density at radius 3 is 2.63 bits per heavy atom. The van der Waals surface area contributed by atoms with Crippen molar-refractivity contribution in [2.24, 2.45) is 0 Å². The molecule has 0 atom stereocenters. The maximum Gasteiger partial charge on any atom is 0.188 e. The third-order valence-electron chi connectivity index (χ3n) is 2.69. The van der Waals surface area contributed by atoms with Crippen LogP contribution in [0.4, 0.5) is 0 Å². The largest absolute Gasteiger partial charge is 0.310 e. The number of hydrogen-bond donors (Lipinski definition) is 1. The molecule has 0 bridgehead atoms. The van der Waals surface area contributed by atoms with Crippen molar-refractivity contribution in [1.82, 2.24) is 20.3 Å². The van der Waals surface area contributed by atoms with Gasteiger partial charge in [0.05, 0.1) is 5.69 Å². The SMILES string of the molecule is CCCc1nc(-c2ncccn2)sc1CNC(C)C. The maximum atomic E-state index is 4.70. The zero-order valence-electron chi connectivity index (χ0n) is 11.7. The van der Waals surface area contributed by atoms with Gasteiger partial charge < -0.3 is 5.32 Å². The Balaban J connectivity index is 2.24. The molecule has 0 spiro atoms. The highest BCUT2D eigenvalue weighted by Crippen LogP contribution is 2.26. The van der Waals surface area contributed by atoms with Gasteiger partial charge in [-0.3, -0.25) is 0 Å². The molecule has 0 fully saturated rings. The second-order valence-corrected chi connectivity index (χ2v) is 5.83. The first-order valence-electron chi connectivity index (χ1n) is 6.70. The van der Waals surface area contributed by atoms with E-state index in [2.05, 4.69) is 36.1 Å². The van der Waals surface area contributed by atoms with Crippen LogP contribution >= 0.6 is 11.3 Å². The fourth-order valence-electron chi connectivity index (χ4n) is 1.76. The summed E-state index contributed by atoms with van der Waals surface area (Å²) in [5, 5.41) is 4.38. The number of aryl methyl sites for hydroxylation is 1. The molecule has 2 aromatic heterocycles. The van der Waals surface area contributed by atoms with Crippen LogP contribution in [0.2, 0.25) is 0 Å². The highest BCUT2D eigenvalue weighted by Gasteiger charge is 2.13. The summed E-state index contributed by atoms with van der Waals surface area (Å²) in [5.41, 5.74) is 1.18. The van der Waals surface area contributed by atoms with E-state index < -0.39 is 0 Å². The van der Waals surface area contributed by atoms with Gasteiger partial charge in [0.2, 0.25) is 0 Å². The van der Waals surface area contributed by atoms with E-state index in [9.17, 15) is 0 Å². The first-order valence-corrected chi connectivity index (χ1v) is 7.51. The lowest BCUT2D eigenvalue weighted by Gasteiger charge is -2.07. The van der Waals surface area contributed by atoms with Gasteiger partial charge in [0.15, 0.2) is 10.8 Å². The molecule has 102 valence electrons. The number of rotatable bonds is 6. The molecule has 0 saturated carbocycles. The predicted molar refractivity (Wildman–Crippen MR) is 79.1 cm³/mol. The highest BCUT2D eigenvalue weighted by atomic mass is 32.1. The molecule has 2 heterocycles. The number of hydrogen-bond acceptors (Lipinski definition) is 5. The van der Waals surface area contributed by atoms with E-state index in [0.29, 0.717) is 6.04 Å². The molecule has 4 nitrogen and oxygen atoms in total. The van der Waals surface area contributed by atoms with E-state index in [1.165, 1.54) is 10.6 Å². The van der Waals surface area contributed by atoms with E-state index in [4.69, 9.17) is 4.98 Å². The van der Waals surface area contributed by atoms with Crippen LogP contribution in [0, 0.1) is 0 Å². The molecule has 0 amide bonds. The smallest absolute Gasteiger partial charge is 0.188 e. The Morgan fingerprint density at radius 2 is 2.00 bits per heavy atom. The van der Waals surface area contributed by atoms with Crippen LogP contribution in [0.25, 0.3) is 10.8 Å². The Morgan fingerprint density at radius 1 is 1.26 bits per heavy atom. The van der Waals surface area contributed by atoms with Gasteiger partial charge in [0.25, 0.3) is 0 Å². The topological polar surface area (TPSA) is 50.7 Å². The molecular weight excluding hydrogens is 256 g/mol. The van der Waals surface area contributed by atoms with Crippen molar-refractivity contribution in [3.8, 4) is 10.8 Å². The Hall–Kier alpha value is -1.33. The van der Waals surface area contributed by atoms with Crippen molar-refractivity contribution >= 4 is 11.3 Å². The first kappa shape index (κ1) is 14.1. The summed E-state index contributed by atoms with van der Waals surface area (Å²) in [6.07, 6.45) is 5.64. The van der Waals surface area contributed by atoms with Gasteiger partial charge in [-0.25, -0.2) is 15.0 Å². The first-order chi connectivity index (χ1) is 9.20. The minimum atomic E-state index is 0.480. The third-order valence-corrected chi connectivity index (χ3v) is 3.79. The van der Waals surface area contributed by atoms with Gasteiger partial charge >= 0.3 is 0 Å². The molecule has 0 unspecified atom stereocenters. The lowest BCUT2D eigenvalue weighted by atomic mass is 10.2. The molecule has 2 rings (SSSR count). The maximum absolute atomic E-state index is 4.70. The summed E-state index contributed by atoms with van der Waals surface area (Å²) in [5.74, 6) is 0.723. The Bertz CT molecular complexity index is 507. The minimum absolute atomic E-state index is 0.480. The average Bonchev–Trinajstić information content (AvgIpc) is 2.81. The molecular formula is C14H20N4S. The second kappa shape index (κ2) is 6.73. The van der Waals surface area contributed by atoms with Crippen LogP contribution in [0.1, 0.15) is 37.8 Å². The van der Waals surface area contributed by atoms with Crippen LogP contribution in [0.15, 0.2) is 18.5 Å². The van der Waals surface area contributed by atoms with E-state index >= 15 is 0 Å². The van der Waals surface area contributed by atoms with Crippen molar-refractivity contribution < 1.29 is 0 Å². The van der Waals surface area contributed by atoms with Crippen LogP contribution in [-0.4, -0.2) is 21.0 Å². The zero-order valence-corrected chi connectivity index (χ0v) is 12.5. The zero-order chi connectivity index (χ0) is 13.7. The summed E-state index contributed by atoms with van der Waals surface area (Å²) >= 11 is 1.70. The van der Waals surface area contributed by atoms with Gasteiger partial charge in [-0.1, -0.05) is 27.2 Å². The molecule has 0 aliphatic carbocycles. The minimum Gasteiger partial charge on any atom is -0.310 e. The summed E-state index contributed by atoms with van der Waals surface area (Å²) in [4.78, 5) is 14.6. The van der Waals surface area contributed by atoms with Crippen molar-refractivity contribution in [3.05, 3.63) is 29.0 Å². The molecule has 0 radical (unpaired) electrons. The predicted octanol–water partition coefficient (Wildman–Crippen LogP) is 3.05. The van der Waals surface area contributed by atoms with Crippen LogP contribution < -0.4 is 5.32 Å². The average molecular weight is 276 g/mol. The molecule has 0 saturated heterocycles. The molecule has 0 aliphatic rings. The number of aromatic nitrogens is 3. The van der Waals surface area contributed by atoms with Crippen LogP contribution in [0.5, 0.6) is 0 Å². The van der Waals surface area contributed by atoms with E-state index in [0.717, 1.165) is 30.2 Å². The van der Waals surface area contributed by atoms with Gasteiger partial charge in [0, 0.05) is 29.9 Å². The highest BCUT2D eigenvalue weighted by molar-refractivity contribution is 7.15. The molecule has 0 aliphatic heterocycles. The summed E-state index contributed by atoms with van der Waals surface area (Å²) in [7, 11) is 0. The number of nitrogens with zero attached hydrogens (tertiary/aromatic N) is 3.